The third kappa shape index (κ3) is 3.36. The van der Waals surface area contributed by atoms with Gasteiger partial charge in [0, 0.05) is 37.9 Å². The molecule has 3 heterocycles. The molecule has 1 aromatic carbocycles. The van der Waals surface area contributed by atoms with Gasteiger partial charge < -0.3 is 20.1 Å². The molecule has 2 bridgehead atoms. The number of carbonyl (C=O) groups excluding carboxylic acids is 1. The Morgan fingerprint density at radius 2 is 2.23 bits per heavy atom. The van der Waals surface area contributed by atoms with E-state index in [1.165, 1.54) is 6.42 Å². The van der Waals surface area contributed by atoms with Gasteiger partial charge in [-0.1, -0.05) is 6.07 Å². The van der Waals surface area contributed by atoms with Crippen LogP contribution in [0.5, 0.6) is 5.75 Å². The topological polar surface area (TPSA) is 61.8 Å². The van der Waals surface area contributed by atoms with Gasteiger partial charge >= 0.3 is 0 Å². The lowest BCUT2D eigenvalue weighted by Crippen LogP contribution is -2.38. The molecule has 0 spiro atoms. The maximum absolute atomic E-state index is 12.7. The summed E-state index contributed by atoms with van der Waals surface area (Å²) < 4.78 is 5.81. The monoisotopic (exact) mass is 354 g/mol. The highest BCUT2D eigenvalue weighted by atomic mass is 16.5. The number of benzene rings is 1. The Hall–Kier alpha value is -2.27. The lowest BCUT2D eigenvalue weighted by Gasteiger charge is -2.29. The van der Waals surface area contributed by atoms with E-state index in [2.05, 4.69) is 10.2 Å². The predicted octanol–water partition coefficient (Wildman–Crippen LogP) is 2.61. The highest BCUT2D eigenvalue weighted by molar-refractivity contribution is 6.10. The molecule has 0 aromatic heterocycles. The molecule has 1 atom stereocenters. The molecule has 3 aliphatic heterocycles. The number of rotatable bonds is 3. The van der Waals surface area contributed by atoms with E-state index < -0.39 is 0 Å². The molecular formula is C21H26N2O3. The smallest absolute Gasteiger partial charge is 0.185 e. The van der Waals surface area contributed by atoms with Crippen molar-refractivity contribution >= 4 is 11.4 Å². The molecule has 26 heavy (non-hydrogen) atoms. The van der Waals surface area contributed by atoms with Crippen molar-refractivity contribution in [3.8, 4) is 5.75 Å². The van der Waals surface area contributed by atoms with Crippen LogP contribution < -0.4 is 5.32 Å². The fourth-order valence-corrected chi connectivity index (χ4v) is 4.04. The van der Waals surface area contributed by atoms with Crippen LogP contribution in [0.25, 0.3) is 5.57 Å². The summed E-state index contributed by atoms with van der Waals surface area (Å²) in [4.78, 5) is 15.0. The van der Waals surface area contributed by atoms with Gasteiger partial charge in [-0.3, -0.25) is 4.79 Å². The highest BCUT2D eigenvalue weighted by Gasteiger charge is 2.27. The molecule has 0 radical (unpaired) electrons. The van der Waals surface area contributed by atoms with Gasteiger partial charge in [-0.2, -0.15) is 0 Å². The summed E-state index contributed by atoms with van der Waals surface area (Å²) >= 11 is 0. The van der Waals surface area contributed by atoms with Crippen LogP contribution in [-0.2, 0) is 16.0 Å². The van der Waals surface area contributed by atoms with Gasteiger partial charge in [0.25, 0.3) is 0 Å². The minimum Gasteiger partial charge on any atom is -0.508 e. The van der Waals surface area contributed by atoms with Crippen LogP contribution in [-0.4, -0.2) is 48.1 Å². The second-order valence-electron chi connectivity index (χ2n) is 7.38. The number of hydrogen-bond donors (Lipinski definition) is 2. The largest absolute Gasteiger partial charge is 0.508 e. The van der Waals surface area contributed by atoms with Crippen LogP contribution in [0.3, 0.4) is 0 Å². The van der Waals surface area contributed by atoms with Gasteiger partial charge in [-0.25, -0.2) is 0 Å². The Bertz CT molecular complexity index is 775. The van der Waals surface area contributed by atoms with Crippen LogP contribution in [0.1, 0.15) is 37.3 Å². The summed E-state index contributed by atoms with van der Waals surface area (Å²) in [6.45, 7) is 4.99. The maximum atomic E-state index is 12.7. The second kappa shape index (κ2) is 7.16. The summed E-state index contributed by atoms with van der Waals surface area (Å²) in [5.74, 6) is 1.21. The van der Waals surface area contributed by atoms with Gasteiger partial charge in [0.05, 0.1) is 6.10 Å². The Labute approximate surface area is 154 Å². The summed E-state index contributed by atoms with van der Waals surface area (Å²) in [7, 11) is 0. The van der Waals surface area contributed by atoms with Crippen LogP contribution in [0, 0.1) is 0 Å². The Morgan fingerprint density at radius 3 is 3.04 bits per heavy atom. The number of ketones is 1. The van der Waals surface area contributed by atoms with E-state index in [1.54, 1.807) is 12.1 Å². The first kappa shape index (κ1) is 17.2. The molecule has 138 valence electrons. The Balaban J connectivity index is 1.59. The molecule has 3 aliphatic rings. The summed E-state index contributed by atoms with van der Waals surface area (Å²) in [5, 5.41) is 13.3. The van der Waals surface area contributed by atoms with Gasteiger partial charge in [-0.05, 0) is 61.4 Å². The molecule has 1 saturated heterocycles. The summed E-state index contributed by atoms with van der Waals surface area (Å²) in [6.07, 6.45) is 6.21. The quantitative estimate of drug-likeness (QED) is 0.874. The fraction of sp³-hybridized carbons (Fsp3) is 0.476. The van der Waals surface area contributed by atoms with E-state index >= 15 is 0 Å². The normalized spacial score (nSPS) is 23.1. The van der Waals surface area contributed by atoms with Crippen molar-refractivity contribution < 1.29 is 14.6 Å². The van der Waals surface area contributed by atoms with Crippen molar-refractivity contribution in [1.29, 1.82) is 0 Å². The number of carbonyl (C=O) groups is 1. The van der Waals surface area contributed by atoms with Gasteiger partial charge in [0.2, 0.25) is 0 Å². The van der Waals surface area contributed by atoms with Gasteiger partial charge in [-0.15, -0.1) is 0 Å². The first-order valence-electron chi connectivity index (χ1n) is 9.50. The average molecular weight is 354 g/mol. The lowest BCUT2D eigenvalue weighted by molar-refractivity contribution is -0.111. The number of allylic oxidation sites excluding steroid dienone is 2. The minimum atomic E-state index is 0.0514. The summed E-state index contributed by atoms with van der Waals surface area (Å²) in [6, 6.07) is 5.47. The molecule has 5 nitrogen and oxygen atoms in total. The van der Waals surface area contributed by atoms with Crippen molar-refractivity contribution in [2.45, 2.75) is 38.7 Å². The first-order chi connectivity index (χ1) is 12.6. The van der Waals surface area contributed by atoms with Crippen molar-refractivity contribution in [3.05, 3.63) is 46.8 Å². The molecular weight excluding hydrogens is 328 g/mol. The Kier molecular flexibility index (Phi) is 4.72. The second-order valence-corrected chi connectivity index (χ2v) is 7.38. The molecule has 1 aromatic rings. The number of aromatic hydroxyl groups is 1. The highest BCUT2D eigenvalue weighted by Crippen LogP contribution is 2.33. The van der Waals surface area contributed by atoms with Crippen LogP contribution in [0.15, 0.2) is 35.7 Å². The van der Waals surface area contributed by atoms with E-state index in [1.807, 2.05) is 19.1 Å². The first-order valence-corrected chi connectivity index (χ1v) is 9.50. The van der Waals surface area contributed by atoms with E-state index in [9.17, 15) is 9.90 Å². The van der Waals surface area contributed by atoms with E-state index in [0.29, 0.717) is 6.54 Å². The maximum Gasteiger partial charge on any atom is 0.185 e. The minimum absolute atomic E-state index is 0.0514. The molecule has 0 saturated carbocycles. The van der Waals surface area contributed by atoms with Crippen LogP contribution in [0.2, 0.25) is 0 Å². The molecule has 0 amide bonds. The predicted molar refractivity (Wildman–Crippen MR) is 101 cm³/mol. The number of nitrogens with one attached hydrogen (secondary N) is 1. The molecule has 4 rings (SSSR count). The van der Waals surface area contributed by atoms with E-state index in [4.69, 9.17) is 4.74 Å². The van der Waals surface area contributed by atoms with Crippen molar-refractivity contribution in [2.75, 3.05) is 26.2 Å². The molecule has 1 fully saturated rings. The van der Waals surface area contributed by atoms with Crippen molar-refractivity contribution in [2.24, 2.45) is 0 Å². The van der Waals surface area contributed by atoms with Crippen LogP contribution >= 0.6 is 0 Å². The average Bonchev–Trinajstić information content (AvgIpc) is 2.90. The summed E-state index contributed by atoms with van der Waals surface area (Å²) in [5.41, 5.74) is 4.03. The van der Waals surface area contributed by atoms with E-state index in [-0.39, 0.29) is 17.6 Å². The Morgan fingerprint density at radius 1 is 1.35 bits per heavy atom. The molecule has 1 unspecified atom stereocenters. The SMILES string of the molecule is CC1=C2CN(CCc3cc(O)ccc32)C(NCC2CCCCO2)=CC1=O. The molecule has 0 aliphatic carbocycles. The van der Waals surface area contributed by atoms with Crippen molar-refractivity contribution in [3.63, 3.8) is 0 Å². The zero-order chi connectivity index (χ0) is 18.1. The number of fused-ring (bicyclic) bond motifs is 4. The number of phenolic OH excluding ortho intramolecular Hbond substituents is 1. The zero-order valence-electron chi connectivity index (χ0n) is 15.3. The molecule has 2 N–H and O–H groups in total. The van der Waals surface area contributed by atoms with Crippen LogP contribution in [0.4, 0.5) is 0 Å². The number of hydrogen-bond acceptors (Lipinski definition) is 5. The zero-order valence-corrected chi connectivity index (χ0v) is 15.3. The lowest BCUT2D eigenvalue weighted by atomic mass is 9.94. The number of nitrogens with zero attached hydrogens (tertiary/aromatic N) is 1. The molecule has 5 heteroatoms. The number of ether oxygens (including phenoxy) is 1. The van der Waals surface area contributed by atoms with E-state index in [0.717, 1.165) is 67.1 Å². The standard InChI is InChI=1S/C21H26N2O3/c1-14-19-13-23(8-7-15-10-16(24)5-6-18(15)19)21(11-20(14)25)22-12-17-4-2-3-9-26-17/h5-6,10-11,17,22,24H,2-4,7-9,12-13H2,1H3. The van der Waals surface area contributed by atoms with Gasteiger partial charge in [0.1, 0.15) is 11.6 Å². The third-order valence-electron chi connectivity index (χ3n) is 5.63. The van der Waals surface area contributed by atoms with Crippen molar-refractivity contribution in [1.82, 2.24) is 10.2 Å². The number of phenols is 1. The third-order valence-corrected chi connectivity index (χ3v) is 5.63. The van der Waals surface area contributed by atoms with Gasteiger partial charge in [0.15, 0.2) is 5.78 Å². The fourth-order valence-electron chi connectivity index (χ4n) is 4.04.